The van der Waals surface area contributed by atoms with Gasteiger partial charge in [-0.25, -0.2) is 4.39 Å². The highest BCUT2D eigenvalue weighted by Crippen LogP contribution is 2.19. The van der Waals surface area contributed by atoms with Gasteiger partial charge in [-0.05, 0) is 18.6 Å². The number of hydrogen-bond donors (Lipinski definition) is 0. The molecule has 0 saturated heterocycles. The SMILES string of the molecule is COCCCOCCOc1cccc(F)c1C=O. The van der Waals surface area contributed by atoms with Gasteiger partial charge in [-0.15, -0.1) is 0 Å². The number of carbonyl (C=O) groups excluding carboxylic acids is 1. The minimum absolute atomic E-state index is 0.0584. The van der Waals surface area contributed by atoms with E-state index < -0.39 is 5.82 Å². The molecule has 0 fully saturated rings. The normalized spacial score (nSPS) is 10.3. The number of methoxy groups -OCH3 is 1. The smallest absolute Gasteiger partial charge is 0.156 e. The molecule has 1 aromatic rings. The lowest BCUT2D eigenvalue weighted by Crippen LogP contribution is -2.09. The number of aldehydes is 1. The first-order valence-electron chi connectivity index (χ1n) is 5.72. The van der Waals surface area contributed by atoms with Gasteiger partial charge in [0.2, 0.25) is 0 Å². The Bertz CT molecular complexity index is 368. The van der Waals surface area contributed by atoms with Crippen LogP contribution in [0.2, 0.25) is 0 Å². The molecule has 0 saturated carbocycles. The lowest BCUT2D eigenvalue weighted by molar-refractivity contribution is 0.0801. The van der Waals surface area contributed by atoms with Crippen molar-refractivity contribution in [2.24, 2.45) is 0 Å². The van der Waals surface area contributed by atoms with Crippen LogP contribution in [-0.4, -0.2) is 39.8 Å². The number of ether oxygens (including phenoxy) is 3. The van der Waals surface area contributed by atoms with Gasteiger partial charge in [0.25, 0.3) is 0 Å². The number of benzene rings is 1. The van der Waals surface area contributed by atoms with Crippen molar-refractivity contribution in [1.29, 1.82) is 0 Å². The van der Waals surface area contributed by atoms with Crippen molar-refractivity contribution in [3.05, 3.63) is 29.6 Å². The molecular weight excluding hydrogens is 239 g/mol. The highest BCUT2D eigenvalue weighted by Gasteiger charge is 2.07. The maximum atomic E-state index is 13.2. The van der Waals surface area contributed by atoms with Crippen LogP contribution in [0.15, 0.2) is 18.2 Å². The van der Waals surface area contributed by atoms with Crippen molar-refractivity contribution in [1.82, 2.24) is 0 Å². The summed E-state index contributed by atoms with van der Waals surface area (Å²) in [6.07, 6.45) is 1.26. The molecule has 0 unspecified atom stereocenters. The van der Waals surface area contributed by atoms with E-state index >= 15 is 0 Å². The van der Waals surface area contributed by atoms with Gasteiger partial charge in [0.1, 0.15) is 18.2 Å². The summed E-state index contributed by atoms with van der Waals surface area (Å²) in [5, 5.41) is 0. The quantitative estimate of drug-likeness (QED) is 0.501. The zero-order valence-corrected chi connectivity index (χ0v) is 10.4. The van der Waals surface area contributed by atoms with Gasteiger partial charge < -0.3 is 14.2 Å². The second-order valence-electron chi connectivity index (χ2n) is 3.58. The van der Waals surface area contributed by atoms with Crippen molar-refractivity contribution in [3.63, 3.8) is 0 Å². The number of hydrogen-bond acceptors (Lipinski definition) is 4. The summed E-state index contributed by atoms with van der Waals surface area (Å²) in [6.45, 7) is 1.90. The Morgan fingerprint density at radius 1 is 1.22 bits per heavy atom. The maximum absolute atomic E-state index is 13.2. The summed E-state index contributed by atoms with van der Waals surface area (Å²) in [4.78, 5) is 10.7. The molecule has 0 aliphatic heterocycles. The van der Waals surface area contributed by atoms with E-state index in [0.717, 1.165) is 6.42 Å². The molecule has 18 heavy (non-hydrogen) atoms. The van der Waals surface area contributed by atoms with Gasteiger partial charge in [0.05, 0.1) is 12.2 Å². The van der Waals surface area contributed by atoms with Crippen LogP contribution in [0.1, 0.15) is 16.8 Å². The van der Waals surface area contributed by atoms with Crippen LogP contribution in [0.5, 0.6) is 5.75 Å². The Morgan fingerprint density at radius 3 is 2.78 bits per heavy atom. The molecular formula is C13H17FO4. The van der Waals surface area contributed by atoms with Crippen molar-refractivity contribution in [3.8, 4) is 5.75 Å². The molecule has 0 radical (unpaired) electrons. The van der Waals surface area contributed by atoms with Gasteiger partial charge in [0, 0.05) is 20.3 Å². The van der Waals surface area contributed by atoms with Crippen LogP contribution in [0.4, 0.5) is 4.39 Å². The Kier molecular flexibility index (Phi) is 6.98. The molecule has 0 aromatic heterocycles. The standard InChI is InChI=1S/C13H17FO4/c1-16-6-3-7-17-8-9-18-13-5-2-4-12(14)11(13)10-15/h2,4-5,10H,3,6-9H2,1H3. The first kappa shape index (κ1) is 14.6. The summed E-state index contributed by atoms with van der Waals surface area (Å²) >= 11 is 0. The first-order chi connectivity index (χ1) is 8.79. The number of carbonyl (C=O) groups is 1. The Labute approximate surface area is 106 Å². The van der Waals surface area contributed by atoms with Crippen molar-refractivity contribution >= 4 is 6.29 Å². The Balaban J connectivity index is 2.27. The van der Waals surface area contributed by atoms with Crippen molar-refractivity contribution < 1.29 is 23.4 Å². The molecule has 0 atom stereocenters. The fourth-order valence-electron chi connectivity index (χ4n) is 1.38. The molecule has 0 bridgehead atoms. The minimum Gasteiger partial charge on any atom is -0.490 e. The van der Waals surface area contributed by atoms with E-state index in [4.69, 9.17) is 14.2 Å². The van der Waals surface area contributed by atoms with E-state index in [9.17, 15) is 9.18 Å². The molecule has 100 valence electrons. The fourth-order valence-corrected chi connectivity index (χ4v) is 1.38. The first-order valence-corrected chi connectivity index (χ1v) is 5.72. The van der Waals surface area contributed by atoms with E-state index in [2.05, 4.69) is 0 Å². The summed E-state index contributed by atoms with van der Waals surface area (Å²) in [5.41, 5.74) is -0.0584. The number of rotatable bonds is 9. The Morgan fingerprint density at radius 2 is 2.06 bits per heavy atom. The zero-order valence-electron chi connectivity index (χ0n) is 10.4. The van der Waals surface area contributed by atoms with Gasteiger partial charge in [-0.1, -0.05) is 6.07 Å². The predicted octanol–water partition coefficient (Wildman–Crippen LogP) is 2.07. The molecule has 0 amide bonds. The zero-order chi connectivity index (χ0) is 13.2. The second kappa shape index (κ2) is 8.60. The molecule has 0 N–H and O–H groups in total. The lowest BCUT2D eigenvalue weighted by atomic mass is 10.2. The van der Waals surface area contributed by atoms with Gasteiger partial charge >= 0.3 is 0 Å². The third-order valence-electron chi connectivity index (χ3n) is 2.25. The Hall–Kier alpha value is -1.46. The highest BCUT2D eigenvalue weighted by atomic mass is 19.1. The van der Waals surface area contributed by atoms with Crippen LogP contribution in [0.25, 0.3) is 0 Å². The van der Waals surface area contributed by atoms with Crippen LogP contribution in [-0.2, 0) is 9.47 Å². The van der Waals surface area contributed by atoms with E-state index in [0.29, 0.717) is 26.1 Å². The van der Waals surface area contributed by atoms with Crippen LogP contribution >= 0.6 is 0 Å². The summed E-state index contributed by atoms with van der Waals surface area (Å²) < 4.78 is 28.6. The van der Waals surface area contributed by atoms with Gasteiger partial charge in [-0.3, -0.25) is 4.79 Å². The third-order valence-corrected chi connectivity index (χ3v) is 2.25. The van der Waals surface area contributed by atoms with Crippen LogP contribution in [0, 0.1) is 5.82 Å². The predicted molar refractivity (Wildman–Crippen MR) is 64.6 cm³/mol. The van der Waals surface area contributed by atoms with Crippen molar-refractivity contribution in [2.75, 3.05) is 33.5 Å². The van der Waals surface area contributed by atoms with Crippen LogP contribution in [0.3, 0.4) is 0 Å². The molecule has 1 aromatic carbocycles. The fraction of sp³-hybridized carbons (Fsp3) is 0.462. The molecule has 1 rings (SSSR count). The molecule has 5 heteroatoms. The van der Waals surface area contributed by atoms with E-state index in [-0.39, 0.29) is 17.9 Å². The van der Waals surface area contributed by atoms with Crippen molar-refractivity contribution in [2.45, 2.75) is 6.42 Å². The average molecular weight is 256 g/mol. The maximum Gasteiger partial charge on any atom is 0.156 e. The molecule has 0 aliphatic carbocycles. The summed E-state index contributed by atoms with van der Waals surface area (Å²) in [5.74, 6) is -0.339. The molecule has 0 aliphatic rings. The summed E-state index contributed by atoms with van der Waals surface area (Å²) in [7, 11) is 1.63. The number of halogens is 1. The topological polar surface area (TPSA) is 44.8 Å². The van der Waals surface area contributed by atoms with E-state index in [1.165, 1.54) is 12.1 Å². The average Bonchev–Trinajstić information content (AvgIpc) is 2.38. The lowest BCUT2D eigenvalue weighted by Gasteiger charge is -2.09. The summed E-state index contributed by atoms with van der Waals surface area (Å²) in [6, 6.07) is 4.27. The van der Waals surface area contributed by atoms with Crippen LogP contribution < -0.4 is 4.74 Å². The van der Waals surface area contributed by atoms with E-state index in [1.807, 2.05) is 0 Å². The second-order valence-corrected chi connectivity index (χ2v) is 3.58. The molecule has 0 spiro atoms. The third kappa shape index (κ3) is 4.81. The molecule has 4 nitrogen and oxygen atoms in total. The van der Waals surface area contributed by atoms with Gasteiger partial charge in [0.15, 0.2) is 6.29 Å². The minimum atomic E-state index is -0.580. The largest absolute Gasteiger partial charge is 0.490 e. The monoisotopic (exact) mass is 256 g/mol. The van der Waals surface area contributed by atoms with Gasteiger partial charge in [-0.2, -0.15) is 0 Å². The van der Waals surface area contributed by atoms with E-state index in [1.54, 1.807) is 13.2 Å². The molecule has 0 heterocycles. The highest BCUT2D eigenvalue weighted by molar-refractivity contribution is 5.79.